The van der Waals surface area contributed by atoms with E-state index in [1.54, 1.807) is 11.8 Å². The molecule has 1 aromatic heterocycles. The highest BCUT2D eigenvalue weighted by atomic mass is 16.5. The van der Waals surface area contributed by atoms with Gasteiger partial charge in [-0.1, -0.05) is 5.21 Å². The van der Waals surface area contributed by atoms with Gasteiger partial charge in [0.15, 0.2) is 0 Å². The van der Waals surface area contributed by atoms with E-state index in [0.29, 0.717) is 26.1 Å². The van der Waals surface area contributed by atoms with E-state index in [9.17, 15) is 0 Å². The highest BCUT2D eigenvalue weighted by Crippen LogP contribution is 2.06. The molecule has 0 aliphatic rings. The molecule has 0 saturated carbocycles. The number of aliphatic hydroxyl groups excluding tert-OH is 1. The molecule has 6 heteroatoms. The minimum absolute atomic E-state index is 0.143. The molecule has 3 N–H and O–H groups in total. The van der Waals surface area contributed by atoms with Gasteiger partial charge in [0.25, 0.3) is 0 Å². The Hall–Kier alpha value is -0.980. The summed E-state index contributed by atoms with van der Waals surface area (Å²) >= 11 is 0. The Bertz CT molecular complexity index is 274. The molecule has 6 nitrogen and oxygen atoms in total. The number of aliphatic hydroxyl groups is 1. The average molecular weight is 200 g/mol. The highest BCUT2D eigenvalue weighted by molar-refractivity contribution is 5.08. The average Bonchev–Trinajstić information content (AvgIpc) is 2.58. The van der Waals surface area contributed by atoms with Gasteiger partial charge in [-0.25, -0.2) is 4.68 Å². The predicted molar refractivity (Wildman–Crippen MR) is 50.3 cm³/mol. The Balaban J connectivity index is 2.75. The second-order valence-corrected chi connectivity index (χ2v) is 2.92. The summed E-state index contributed by atoms with van der Waals surface area (Å²) < 4.78 is 6.75. The van der Waals surface area contributed by atoms with Crippen LogP contribution in [-0.4, -0.2) is 33.8 Å². The van der Waals surface area contributed by atoms with Gasteiger partial charge in [-0.15, -0.1) is 5.10 Å². The van der Waals surface area contributed by atoms with Gasteiger partial charge < -0.3 is 15.6 Å². The van der Waals surface area contributed by atoms with Crippen molar-refractivity contribution in [2.75, 3.05) is 13.7 Å². The molecule has 0 aliphatic heterocycles. The quantitative estimate of drug-likeness (QED) is 0.632. The summed E-state index contributed by atoms with van der Waals surface area (Å²) in [6, 6.07) is 0. The molecule has 1 rings (SSSR count). The standard InChI is InChI=1S/C8H16N4O2/c1-14-6-8-7(5-9)10-11-12(8)3-2-4-13/h13H,2-6,9H2,1H3. The molecule has 14 heavy (non-hydrogen) atoms. The van der Waals surface area contributed by atoms with Crippen LogP contribution in [0.25, 0.3) is 0 Å². The van der Waals surface area contributed by atoms with Crippen LogP contribution >= 0.6 is 0 Å². The molecule has 0 unspecified atom stereocenters. The Morgan fingerprint density at radius 3 is 2.93 bits per heavy atom. The molecule has 0 bridgehead atoms. The van der Waals surface area contributed by atoms with Gasteiger partial charge in [-0.05, 0) is 6.42 Å². The lowest BCUT2D eigenvalue weighted by Crippen LogP contribution is -2.09. The molecule has 1 heterocycles. The molecule has 0 amide bonds. The summed E-state index contributed by atoms with van der Waals surface area (Å²) in [6.07, 6.45) is 0.657. The topological polar surface area (TPSA) is 86.2 Å². The number of ether oxygens (including phenoxy) is 1. The fraction of sp³-hybridized carbons (Fsp3) is 0.750. The van der Waals surface area contributed by atoms with Gasteiger partial charge in [0, 0.05) is 26.8 Å². The van der Waals surface area contributed by atoms with E-state index in [1.165, 1.54) is 0 Å². The maximum Gasteiger partial charge on any atom is 0.102 e. The van der Waals surface area contributed by atoms with E-state index in [2.05, 4.69) is 10.3 Å². The second kappa shape index (κ2) is 5.69. The number of nitrogens with two attached hydrogens (primary N) is 1. The largest absolute Gasteiger partial charge is 0.396 e. The van der Waals surface area contributed by atoms with Gasteiger partial charge in [0.2, 0.25) is 0 Å². The number of hydrogen-bond donors (Lipinski definition) is 2. The second-order valence-electron chi connectivity index (χ2n) is 2.92. The Morgan fingerprint density at radius 2 is 2.36 bits per heavy atom. The van der Waals surface area contributed by atoms with E-state index in [1.807, 2.05) is 0 Å². The third kappa shape index (κ3) is 2.50. The van der Waals surface area contributed by atoms with E-state index in [4.69, 9.17) is 15.6 Å². The molecular weight excluding hydrogens is 184 g/mol. The van der Waals surface area contributed by atoms with Crippen LogP contribution < -0.4 is 5.73 Å². The normalized spacial score (nSPS) is 10.8. The number of rotatable bonds is 6. The van der Waals surface area contributed by atoms with Crippen molar-refractivity contribution in [3.05, 3.63) is 11.4 Å². The van der Waals surface area contributed by atoms with Crippen LogP contribution in [0, 0.1) is 0 Å². The Kier molecular flexibility index (Phi) is 4.51. The lowest BCUT2D eigenvalue weighted by molar-refractivity contribution is 0.174. The fourth-order valence-corrected chi connectivity index (χ4v) is 1.22. The SMILES string of the molecule is COCc1c(CN)nnn1CCCO. The summed E-state index contributed by atoms with van der Waals surface area (Å²) in [4.78, 5) is 0. The van der Waals surface area contributed by atoms with Crippen LogP contribution in [-0.2, 0) is 24.4 Å². The van der Waals surface area contributed by atoms with Gasteiger partial charge >= 0.3 is 0 Å². The van der Waals surface area contributed by atoms with Crippen LogP contribution in [0.15, 0.2) is 0 Å². The van der Waals surface area contributed by atoms with Gasteiger partial charge in [-0.2, -0.15) is 0 Å². The Labute approximate surface area is 82.7 Å². The van der Waals surface area contributed by atoms with E-state index < -0.39 is 0 Å². The van der Waals surface area contributed by atoms with Crippen LogP contribution in [0.1, 0.15) is 17.8 Å². The van der Waals surface area contributed by atoms with Crippen molar-refractivity contribution in [3.8, 4) is 0 Å². The van der Waals surface area contributed by atoms with Crippen molar-refractivity contribution in [2.24, 2.45) is 5.73 Å². The van der Waals surface area contributed by atoms with E-state index in [0.717, 1.165) is 11.4 Å². The third-order valence-electron chi connectivity index (χ3n) is 1.92. The molecule has 0 spiro atoms. The zero-order valence-corrected chi connectivity index (χ0v) is 8.31. The summed E-state index contributed by atoms with van der Waals surface area (Å²) in [7, 11) is 1.61. The number of nitrogens with zero attached hydrogens (tertiary/aromatic N) is 3. The summed E-state index contributed by atoms with van der Waals surface area (Å²) in [5, 5.41) is 16.6. The van der Waals surface area contributed by atoms with Gasteiger partial charge in [0.1, 0.15) is 5.69 Å². The van der Waals surface area contributed by atoms with Crippen LogP contribution in [0.4, 0.5) is 0 Å². The predicted octanol–water partition coefficient (Wildman–Crippen LogP) is -0.734. The molecule has 0 fully saturated rings. The van der Waals surface area contributed by atoms with Crippen molar-refractivity contribution in [3.63, 3.8) is 0 Å². The highest BCUT2D eigenvalue weighted by Gasteiger charge is 2.10. The first kappa shape index (κ1) is 11.1. The lowest BCUT2D eigenvalue weighted by Gasteiger charge is -2.05. The van der Waals surface area contributed by atoms with Gasteiger partial charge in [0.05, 0.1) is 12.3 Å². The molecule has 0 aliphatic carbocycles. The summed E-state index contributed by atoms with van der Waals surface area (Å²) in [5.41, 5.74) is 7.15. The van der Waals surface area contributed by atoms with Crippen LogP contribution in [0.5, 0.6) is 0 Å². The first-order chi connectivity index (χ1) is 6.83. The van der Waals surface area contributed by atoms with Crippen LogP contribution in [0.2, 0.25) is 0 Å². The maximum absolute atomic E-state index is 8.69. The first-order valence-electron chi connectivity index (χ1n) is 4.54. The van der Waals surface area contributed by atoms with Crippen LogP contribution in [0.3, 0.4) is 0 Å². The minimum Gasteiger partial charge on any atom is -0.396 e. The number of hydrogen-bond acceptors (Lipinski definition) is 5. The molecule has 0 aromatic carbocycles. The zero-order chi connectivity index (χ0) is 10.4. The zero-order valence-electron chi connectivity index (χ0n) is 8.31. The molecule has 80 valence electrons. The summed E-state index contributed by atoms with van der Waals surface area (Å²) in [5.74, 6) is 0. The summed E-state index contributed by atoms with van der Waals surface area (Å²) in [6.45, 7) is 1.59. The van der Waals surface area contributed by atoms with Gasteiger partial charge in [-0.3, -0.25) is 0 Å². The molecule has 0 saturated heterocycles. The van der Waals surface area contributed by atoms with Crippen molar-refractivity contribution in [1.29, 1.82) is 0 Å². The molecule has 0 atom stereocenters. The number of aryl methyl sites for hydroxylation is 1. The lowest BCUT2D eigenvalue weighted by atomic mass is 10.3. The maximum atomic E-state index is 8.69. The third-order valence-corrected chi connectivity index (χ3v) is 1.92. The smallest absolute Gasteiger partial charge is 0.102 e. The van der Waals surface area contributed by atoms with Crippen molar-refractivity contribution < 1.29 is 9.84 Å². The fourth-order valence-electron chi connectivity index (χ4n) is 1.22. The number of methoxy groups -OCH3 is 1. The van der Waals surface area contributed by atoms with Crippen molar-refractivity contribution >= 4 is 0 Å². The van der Waals surface area contributed by atoms with E-state index >= 15 is 0 Å². The molecular formula is C8H16N4O2. The molecule has 0 radical (unpaired) electrons. The van der Waals surface area contributed by atoms with Crippen molar-refractivity contribution in [1.82, 2.24) is 15.0 Å². The van der Waals surface area contributed by atoms with Crippen molar-refractivity contribution in [2.45, 2.75) is 26.1 Å². The number of aromatic nitrogens is 3. The minimum atomic E-state index is 0.143. The van der Waals surface area contributed by atoms with E-state index in [-0.39, 0.29) is 6.61 Å². The molecule has 1 aromatic rings. The first-order valence-corrected chi connectivity index (χ1v) is 4.54. The monoisotopic (exact) mass is 200 g/mol. The Morgan fingerprint density at radius 1 is 1.57 bits per heavy atom.